The van der Waals surface area contributed by atoms with Gasteiger partial charge in [0.1, 0.15) is 23.4 Å². The number of methoxy groups -OCH3 is 1. The quantitative estimate of drug-likeness (QED) is 0.352. The van der Waals surface area contributed by atoms with Gasteiger partial charge in [-0.3, -0.25) is 19.4 Å². The third-order valence-corrected chi connectivity index (χ3v) is 7.83. The molecule has 3 aromatic carbocycles. The van der Waals surface area contributed by atoms with Crippen LogP contribution in [0.3, 0.4) is 0 Å². The van der Waals surface area contributed by atoms with Gasteiger partial charge >= 0.3 is 0 Å². The zero-order chi connectivity index (χ0) is 31.3. The van der Waals surface area contributed by atoms with Gasteiger partial charge in [-0.2, -0.15) is 0 Å². The van der Waals surface area contributed by atoms with Crippen LogP contribution < -0.4 is 24.8 Å². The average Bonchev–Trinajstić information content (AvgIpc) is 3.07. The highest BCUT2D eigenvalue weighted by Gasteiger charge is 2.35. The average molecular weight is 611 g/mol. The smallest absolute Gasteiger partial charge is 0.258 e. The van der Waals surface area contributed by atoms with Crippen LogP contribution in [0.5, 0.6) is 17.2 Å². The number of pyridine rings is 1. The van der Waals surface area contributed by atoms with Crippen LogP contribution in [0.25, 0.3) is 11.1 Å². The first kappa shape index (κ1) is 29.6. The molecule has 0 radical (unpaired) electrons. The first-order chi connectivity index (χ1) is 21.9. The molecule has 3 amide bonds. The molecule has 4 heterocycles. The van der Waals surface area contributed by atoms with Crippen molar-refractivity contribution in [3.8, 4) is 28.4 Å². The predicted octanol–water partition coefficient (Wildman–Crippen LogP) is 4.00. The van der Waals surface area contributed by atoms with Gasteiger partial charge in [0.05, 0.1) is 24.9 Å². The lowest BCUT2D eigenvalue weighted by molar-refractivity contribution is -0.123. The molecule has 45 heavy (non-hydrogen) atoms. The Labute approximate surface area is 259 Å². The van der Waals surface area contributed by atoms with Gasteiger partial charge in [-0.25, -0.2) is 4.39 Å². The van der Waals surface area contributed by atoms with E-state index in [1.54, 1.807) is 55.6 Å². The number of carbonyl (C=O) groups is 3. The Morgan fingerprint density at radius 1 is 1.02 bits per heavy atom. The van der Waals surface area contributed by atoms with Crippen LogP contribution in [0, 0.1) is 5.82 Å². The summed E-state index contributed by atoms with van der Waals surface area (Å²) in [4.78, 5) is 44.8. The number of ether oxygens (including phenoxy) is 3. The summed E-state index contributed by atoms with van der Waals surface area (Å²) in [6.07, 6.45) is 2.28. The highest BCUT2D eigenvalue weighted by atomic mass is 19.1. The normalized spacial score (nSPS) is 18.4. The first-order valence-electron chi connectivity index (χ1n) is 14.5. The molecule has 0 saturated carbocycles. The second-order valence-corrected chi connectivity index (χ2v) is 10.8. The number of carbonyl (C=O) groups excluding carboxylic acids is 3. The Morgan fingerprint density at radius 3 is 2.67 bits per heavy atom. The Hall–Kier alpha value is -5.45. The van der Waals surface area contributed by atoms with Crippen molar-refractivity contribution >= 4 is 17.7 Å². The molecule has 0 spiro atoms. The Balaban J connectivity index is 1.34. The fraction of sp³-hybridized carbons (Fsp3) is 0.235. The van der Waals surface area contributed by atoms with Gasteiger partial charge in [-0.15, -0.1) is 0 Å². The van der Waals surface area contributed by atoms with E-state index in [9.17, 15) is 18.8 Å². The van der Waals surface area contributed by atoms with E-state index >= 15 is 0 Å². The van der Waals surface area contributed by atoms with Crippen molar-refractivity contribution in [1.82, 2.24) is 20.5 Å². The van der Waals surface area contributed by atoms with Crippen molar-refractivity contribution in [3.63, 3.8) is 0 Å². The van der Waals surface area contributed by atoms with E-state index in [-0.39, 0.29) is 30.5 Å². The van der Waals surface area contributed by atoms with E-state index in [0.717, 1.165) is 17.3 Å². The van der Waals surface area contributed by atoms with E-state index < -0.39 is 23.9 Å². The molecule has 0 unspecified atom stereocenters. The van der Waals surface area contributed by atoms with Gasteiger partial charge < -0.3 is 29.7 Å². The van der Waals surface area contributed by atoms with Gasteiger partial charge in [0.25, 0.3) is 17.7 Å². The van der Waals surface area contributed by atoms with Crippen LogP contribution >= 0.6 is 0 Å². The molecule has 230 valence electrons. The fourth-order valence-electron chi connectivity index (χ4n) is 5.45. The van der Waals surface area contributed by atoms with E-state index in [0.29, 0.717) is 47.9 Å². The number of amides is 3. The number of likely N-dealkylation sites (tertiary alicyclic amines) is 1. The number of fused-ring (bicyclic) bond motifs is 7. The highest BCUT2D eigenvalue weighted by Crippen LogP contribution is 2.33. The summed E-state index contributed by atoms with van der Waals surface area (Å²) in [5, 5.41) is 5.92. The molecule has 2 N–H and O–H groups in total. The summed E-state index contributed by atoms with van der Waals surface area (Å²) in [5.74, 6) is -0.264. The molecule has 1 aromatic heterocycles. The zero-order valence-electron chi connectivity index (χ0n) is 24.5. The van der Waals surface area contributed by atoms with Crippen LogP contribution in [-0.4, -0.2) is 66.6 Å². The number of benzene rings is 3. The molecule has 3 aliphatic rings. The van der Waals surface area contributed by atoms with E-state index in [2.05, 4.69) is 15.6 Å². The third-order valence-electron chi connectivity index (χ3n) is 7.83. The van der Waals surface area contributed by atoms with E-state index in [4.69, 9.17) is 14.2 Å². The number of hydrogen-bond donors (Lipinski definition) is 2. The summed E-state index contributed by atoms with van der Waals surface area (Å²) < 4.78 is 32.1. The maximum Gasteiger partial charge on any atom is 0.258 e. The summed E-state index contributed by atoms with van der Waals surface area (Å²) in [7, 11) is 1.54. The molecule has 4 aromatic rings. The summed E-state index contributed by atoms with van der Waals surface area (Å²) >= 11 is 0. The van der Waals surface area contributed by atoms with Crippen molar-refractivity contribution in [1.29, 1.82) is 0 Å². The maximum absolute atomic E-state index is 14.4. The number of nitrogens with one attached hydrogen (secondary N) is 2. The number of nitrogens with zero attached hydrogens (tertiary/aromatic N) is 2. The van der Waals surface area contributed by atoms with Crippen LogP contribution in [0.1, 0.15) is 32.7 Å². The SMILES string of the molecule is COc1ccc2cc1-c1cccc(c1)OCC(=O)NCc1ccc(cc1)O[C@@H]1CCN(C(=O)c3ccncc3F)C[C@H]1NC2=O. The lowest BCUT2D eigenvalue weighted by atomic mass is 9.98. The fourth-order valence-corrected chi connectivity index (χ4v) is 5.45. The minimum atomic E-state index is -0.711. The maximum atomic E-state index is 14.4. The van der Waals surface area contributed by atoms with Gasteiger partial charge in [-0.05, 0) is 59.7 Å². The summed E-state index contributed by atoms with van der Waals surface area (Å²) in [6, 6.07) is 20.2. The van der Waals surface area contributed by atoms with Gasteiger partial charge in [0.2, 0.25) is 0 Å². The molecule has 6 bridgehead atoms. The van der Waals surface area contributed by atoms with Crippen molar-refractivity contribution in [2.75, 3.05) is 26.8 Å². The highest BCUT2D eigenvalue weighted by molar-refractivity contribution is 5.97. The molecular weight excluding hydrogens is 579 g/mol. The first-order valence-corrected chi connectivity index (χ1v) is 14.5. The second kappa shape index (κ2) is 13.0. The summed E-state index contributed by atoms with van der Waals surface area (Å²) in [6.45, 7) is 0.536. The number of piperidine rings is 1. The van der Waals surface area contributed by atoms with Crippen molar-refractivity contribution < 1.29 is 33.0 Å². The largest absolute Gasteiger partial charge is 0.496 e. The molecular formula is C34H31FN4O6. The van der Waals surface area contributed by atoms with Crippen LogP contribution in [0.15, 0.2) is 85.2 Å². The molecule has 0 aliphatic carbocycles. The Bertz CT molecular complexity index is 1730. The van der Waals surface area contributed by atoms with Crippen LogP contribution in [0.2, 0.25) is 0 Å². The number of hydrogen-bond acceptors (Lipinski definition) is 7. The summed E-state index contributed by atoms with van der Waals surface area (Å²) in [5.41, 5.74) is 2.51. The molecule has 11 heteroatoms. The molecule has 3 aliphatic heterocycles. The topological polar surface area (TPSA) is 119 Å². The lowest BCUT2D eigenvalue weighted by Gasteiger charge is -2.39. The zero-order valence-corrected chi connectivity index (χ0v) is 24.5. The van der Waals surface area contributed by atoms with Gasteiger partial charge in [0, 0.05) is 43.4 Å². The second-order valence-electron chi connectivity index (χ2n) is 10.8. The van der Waals surface area contributed by atoms with Crippen LogP contribution in [-0.2, 0) is 11.3 Å². The Kier molecular flexibility index (Phi) is 8.58. The van der Waals surface area contributed by atoms with Gasteiger partial charge in [-0.1, -0.05) is 24.3 Å². The standard InChI is InChI=1S/C34H31FN4O6/c1-43-30-10-7-23-16-27(30)22-3-2-4-25(15-22)44-20-32(40)37-17-21-5-8-24(9-6-21)45-31-12-14-39(19-29(31)38-33(23)41)34(42)26-11-13-36-18-28(26)35/h2-11,13,15-16,18,29,31H,12,14,17,19-20H2,1H3,(H,37,40)(H,38,41)/t29-,31-/m1/s1. The molecule has 2 atom stereocenters. The van der Waals surface area contributed by atoms with Crippen molar-refractivity contribution in [2.24, 2.45) is 0 Å². The van der Waals surface area contributed by atoms with E-state index in [1.165, 1.54) is 17.2 Å². The van der Waals surface area contributed by atoms with Crippen LogP contribution in [0.4, 0.5) is 4.39 Å². The van der Waals surface area contributed by atoms with Crippen molar-refractivity contribution in [3.05, 3.63) is 108 Å². The predicted molar refractivity (Wildman–Crippen MR) is 163 cm³/mol. The molecule has 7 rings (SSSR count). The molecule has 10 nitrogen and oxygen atoms in total. The van der Waals surface area contributed by atoms with Crippen molar-refractivity contribution in [2.45, 2.75) is 25.1 Å². The minimum Gasteiger partial charge on any atom is -0.496 e. The monoisotopic (exact) mass is 610 g/mol. The van der Waals surface area contributed by atoms with Gasteiger partial charge in [0.15, 0.2) is 12.4 Å². The Morgan fingerprint density at radius 2 is 1.87 bits per heavy atom. The lowest BCUT2D eigenvalue weighted by Crippen LogP contribution is -2.58. The minimum absolute atomic E-state index is 0.0868. The van der Waals surface area contributed by atoms with E-state index in [1.807, 2.05) is 18.2 Å². The molecule has 1 fully saturated rings. The third kappa shape index (κ3) is 6.72. The number of halogens is 1. The number of rotatable bonds is 2. The molecule has 1 saturated heterocycles. The number of aromatic nitrogens is 1.